The van der Waals surface area contributed by atoms with Crippen LogP contribution in [0.25, 0.3) is 0 Å². The number of nitrogens with one attached hydrogen (secondary N) is 1. The van der Waals surface area contributed by atoms with E-state index in [0.29, 0.717) is 38.2 Å². The molecule has 22 heavy (non-hydrogen) atoms. The summed E-state index contributed by atoms with van der Waals surface area (Å²) in [4.78, 5) is 28.0. The van der Waals surface area contributed by atoms with E-state index >= 15 is 0 Å². The Hall–Kier alpha value is -1.59. The lowest BCUT2D eigenvalue weighted by atomic mass is 10.1. The van der Waals surface area contributed by atoms with Gasteiger partial charge in [0.15, 0.2) is 0 Å². The van der Waals surface area contributed by atoms with Crippen molar-refractivity contribution in [1.29, 1.82) is 0 Å². The van der Waals surface area contributed by atoms with Crippen molar-refractivity contribution >= 4 is 24.2 Å². The first kappa shape index (κ1) is 18.5. The summed E-state index contributed by atoms with van der Waals surface area (Å²) in [5.74, 6) is 0.245. The summed E-state index contributed by atoms with van der Waals surface area (Å²) in [6.45, 7) is 3.36. The highest BCUT2D eigenvalue weighted by Crippen LogP contribution is 2.10. The molecule has 0 saturated carbocycles. The highest BCUT2D eigenvalue weighted by molar-refractivity contribution is 5.94. The lowest BCUT2D eigenvalue weighted by molar-refractivity contribution is -0.132. The molecule has 1 aliphatic rings. The number of halogens is 1. The fourth-order valence-corrected chi connectivity index (χ4v) is 2.50. The Morgan fingerprint density at radius 3 is 2.23 bits per heavy atom. The molecule has 1 aromatic carbocycles. The Morgan fingerprint density at radius 2 is 1.64 bits per heavy atom. The van der Waals surface area contributed by atoms with Gasteiger partial charge in [0.05, 0.1) is 0 Å². The summed E-state index contributed by atoms with van der Waals surface area (Å²) >= 11 is 0. The fourth-order valence-electron chi connectivity index (χ4n) is 2.50. The van der Waals surface area contributed by atoms with Crippen molar-refractivity contribution in [2.75, 3.05) is 39.8 Å². The second kappa shape index (κ2) is 9.43. The maximum Gasteiger partial charge on any atom is 0.253 e. The molecule has 1 aromatic rings. The number of amides is 2. The lowest BCUT2D eigenvalue weighted by Crippen LogP contribution is -2.50. The van der Waals surface area contributed by atoms with Gasteiger partial charge in [0.2, 0.25) is 5.91 Å². The first-order valence-corrected chi connectivity index (χ1v) is 7.49. The Kier molecular flexibility index (Phi) is 7.91. The molecular weight excluding hydrogens is 302 g/mol. The Morgan fingerprint density at radius 1 is 1.05 bits per heavy atom. The van der Waals surface area contributed by atoms with Gasteiger partial charge in [-0.3, -0.25) is 9.59 Å². The van der Waals surface area contributed by atoms with E-state index < -0.39 is 0 Å². The van der Waals surface area contributed by atoms with Crippen LogP contribution in [0.2, 0.25) is 0 Å². The van der Waals surface area contributed by atoms with Crippen molar-refractivity contribution < 1.29 is 9.59 Å². The third kappa shape index (κ3) is 5.00. The van der Waals surface area contributed by atoms with Gasteiger partial charge >= 0.3 is 0 Å². The summed E-state index contributed by atoms with van der Waals surface area (Å²) in [7, 11) is 1.89. The zero-order valence-electron chi connectivity index (χ0n) is 13.0. The first-order valence-electron chi connectivity index (χ1n) is 7.49. The molecule has 1 fully saturated rings. The van der Waals surface area contributed by atoms with Crippen molar-refractivity contribution in [2.45, 2.75) is 12.8 Å². The molecule has 0 atom stereocenters. The van der Waals surface area contributed by atoms with Crippen LogP contribution in [0.4, 0.5) is 0 Å². The van der Waals surface area contributed by atoms with E-state index in [-0.39, 0.29) is 24.2 Å². The third-order valence-electron chi connectivity index (χ3n) is 3.76. The second-order valence-electron chi connectivity index (χ2n) is 5.25. The van der Waals surface area contributed by atoms with Crippen LogP contribution in [0.3, 0.4) is 0 Å². The molecule has 122 valence electrons. The van der Waals surface area contributed by atoms with Crippen molar-refractivity contribution in [3.63, 3.8) is 0 Å². The average Bonchev–Trinajstić information content (AvgIpc) is 2.55. The number of benzene rings is 1. The highest BCUT2D eigenvalue weighted by atomic mass is 35.5. The minimum Gasteiger partial charge on any atom is -0.339 e. The largest absolute Gasteiger partial charge is 0.339 e. The molecule has 1 saturated heterocycles. The quantitative estimate of drug-likeness (QED) is 0.832. The van der Waals surface area contributed by atoms with Crippen LogP contribution in [0, 0.1) is 0 Å². The normalized spacial score (nSPS) is 14.4. The molecule has 0 aromatic heterocycles. The van der Waals surface area contributed by atoms with Crippen LogP contribution < -0.4 is 5.32 Å². The SMILES string of the molecule is CNCCCC(=O)N1CCN(C(=O)c2ccccc2)CC1.Cl. The molecule has 0 spiro atoms. The maximum atomic E-state index is 12.3. The van der Waals surface area contributed by atoms with E-state index in [9.17, 15) is 9.59 Å². The molecule has 1 N–H and O–H groups in total. The zero-order valence-corrected chi connectivity index (χ0v) is 13.8. The topological polar surface area (TPSA) is 52.7 Å². The summed E-state index contributed by atoms with van der Waals surface area (Å²) in [6, 6.07) is 9.30. The van der Waals surface area contributed by atoms with Crippen molar-refractivity contribution in [3.8, 4) is 0 Å². The van der Waals surface area contributed by atoms with Crippen LogP contribution in [0.15, 0.2) is 30.3 Å². The Balaban J connectivity index is 0.00000242. The summed E-state index contributed by atoms with van der Waals surface area (Å²) < 4.78 is 0. The second-order valence-corrected chi connectivity index (χ2v) is 5.25. The first-order chi connectivity index (χ1) is 10.2. The minimum absolute atomic E-state index is 0. The molecule has 2 rings (SSSR count). The van der Waals surface area contributed by atoms with Crippen molar-refractivity contribution in [1.82, 2.24) is 15.1 Å². The lowest BCUT2D eigenvalue weighted by Gasteiger charge is -2.35. The van der Waals surface area contributed by atoms with Crippen LogP contribution in [0.5, 0.6) is 0 Å². The average molecular weight is 326 g/mol. The minimum atomic E-state index is 0. The van der Waals surface area contributed by atoms with Gasteiger partial charge in [-0.1, -0.05) is 18.2 Å². The molecule has 0 unspecified atom stereocenters. The van der Waals surface area contributed by atoms with E-state index in [0.717, 1.165) is 13.0 Å². The van der Waals surface area contributed by atoms with Crippen LogP contribution in [0.1, 0.15) is 23.2 Å². The fraction of sp³-hybridized carbons (Fsp3) is 0.500. The number of carbonyl (C=O) groups is 2. The van der Waals surface area contributed by atoms with Gasteiger partial charge in [-0.2, -0.15) is 0 Å². The van der Waals surface area contributed by atoms with Gasteiger partial charge in [-0.05, 0) is 32.1 Å². The predicted octanol–water partition coefficient (Wildman–Crippen LogP) is 1.39. The molecular formula is C16H24ClN3O2. The maximum absolute atomic E-state index is 12.3. The number of carbonyl (C=O) groups excluding carboxylic acids is 2. The van der Waals surface area contributed by atoms with Gasteiger partial charge in [0.25, 0.3) is 5.91 Å². The van der Waals surface area contributed by atoms with Crippen LogP contribution >= 0.6 is 12.4 Å². The zero-order chi connectivity index (χ0) is 15.1. The van der Waals surface area contributed by atoms with E-state index in [1.54, 1.807) is 0 Å². The molecule has 1 heterocycles. The Bertz CT molecular complexity index is 474. The van der Waals surface area contributed by atoms with Gasteiger partial charge < -0.3 is 15.1 Å². The van der Waals surface area contributed by atoms with E-state index in [2.05, 4.69) is 5.32 Å². The molecule has 0 aliphatic carbocycles. The number of hydrogen-bond donors (Lipinski definition) is 1. The molecule has 0 radical (unpaired) electrons. The molecule has 1 aliphatic heterocycles. The van der Waals surface area contributed by atoms with Gasteiger partial charge in [-0.25, -0.2) is 0 Å². The number of rotatable bonds is 5. The van der Waals surface area contributed by atoms with E-state index in [1.165, 1.54) is 0 Å². The van der Waals surface area contributed by atoms with E-state index in [4.69, 9.17) is 0 Å². The van der Waals surface area contributed by atoms with Gasteiger partial charge in [-0.15, -0.1) is 12.4 Å². The van der Waals surface area contributed by atoms with E-state index in [1.807, 2.05) is 47.2 Å². The van der Waals surface area contributed by atoms with Crippen molar-refractivity contribution in [3.05, 3.63) is 35.9 Å². The van der Waals surface area contributed by atoms with Crippen LogP contribution in [-0.2, 0) is 4.79 Å². The molecule has 2 amide bonds. The van der Waals surface area contributed by atoms with Crippen molar-refractivity contribution in [2.24, 2.45) is 0 Å². The smallest absolute Gasteiger partial charge is 0.253 e. The Labute approximate surface area is 138 Å². The van der Waals surface area contributed by atoms with Gasteiger partial charge in [0, 0.05) is 38.2 Å². The molecule has 0 bridgehead atoms. The number of hydrogen-bond acceptors (Lipinski definition) is 3. The summed E-state index contributed by atoms with van der Waals surface area (Å²) in [5.41, 5.74) is 0.714. The molecule has 6 heteroatoms. The highest BCUT2D eigenvalue weighted by Gasteiger charge is 2.24. The van der Waals surface area contributed by atoms with Gasteiger partial charge in [0.1, 0.15) is 0 Å². The number of nitrogens with zero attached hydrogens (tertiary/aromatic N) is 2. The third-order valence-corrected chi connectivity index (χ3v) is 3.76. The predicted molar refractivity (Wildman–Crippen MR) is 89.3 cm³/mol. The van der Waals surface area contributed by atoms with Crippen LogP contribution in [-0.4, -0.2) is 61.4 Å². The number of piperazine rings is 1. The standard InChI is InChI=1S/C16H23N3O2.ClH/c1-17-9-5-8-15(20)18-10-12-19(13-11-18)16(21)14-6-3-2-4-7-14;/h2-4,6-7,17H,5,8-13H2,1H3;1H. The molecule has 5 nitrogen and oxygen atoms in total. The summed E-state index contributed by atoms with van der Waals surface area (Å²) in [6.07, 6.45) is 1.44. The monoisotopic (exact) mass is 325 g/mol. The summed E-state index contributed by atoms with van der Waals surface area (Å²) in [5, 5.41) is 3.04.